The monoisotopic (exact) mass is 293 g/mol. The van der Waals surface area contributed by atoms with Crippen LogP contribution >= 0.6 is 0 Å². The van der Waals surface area contributed by atoms with Crippen molar-refractivity contribution in [3.8, 4) is 0 Å². The molecular weight excluding hydrogens is 271 g/mol. The van der Waals surface area contributed by atoms with Crippen molar-refractivity contribution in [3.63, 3.8) is 0 Å². The highest BCUT2D eigenvalue weighted by atomic mass is 19.4. The van der Waals surface area contributed by atoms with Crippen LogP contribution in [0.5, 0.6) is 0 Å². The first-order chi connectivity index (χ1) is 9.14. The predicted octanol–water partition coefficient (Wildman–Crippen LogP) is 1.35. The highest BCUT2D eigenvalue weighted by molar-refractivity contribution is 5.87. The summed E-state index contributed by atoms with van der Waals surface area (Å²) in [4.78, 5) is 15.8. The predicted molar refractivity (Wildman–Crippen MR) is 69.0 cm³/mol. The van der Waals surface area contributed by atoms with Gasteiger partial charge in [0.1, 0.15) is 0 Å². The molecule has 2 heterocycles. The van der Waals surface area contributed by atoms with Gasteiger partial charge in [-0.2, -0.15) is 13.2 Å². The number of nitrogens with zero attached hydrogens (tertiary/aromatic N) is 2. The third kappa shape index (κ3) is 2.65. The second-order valence-corrected chi connectivity index (χ2v) is 6.15. The van der Waals surface area contributed by atoms with Gasteiger partial charge in [-0.25, -0.2) is 0 Å². The molecule has 0 aromatic heterocycles. The zero-order valence-electron chi connectivity index (χ0n) is 11.9. The summed E-state index contributed by atoms with van der Waals surface area (Å²) < 4.78 is 38.7. The van der Waals surface area contributed by atoms with Crippen LogP contribution in [-0.4, -0.2) is 59.1 Å². The highest BCUT2D eigenvalue weighted by Crippen LogP contribution is 2.32. The topological polar surface area (TPSA) is 49.6 Å². The van der Waals surface area contributed by atoms with Crippen molar-refractivity contribution in [2.24, 2.45) is 5.73 Å². The minimum atomic E-state index is -4.73. The fourth-order valence-corrected chi connectivity index (χ4v) is 3.05. The molecule has 2 N–H and O–H groups in total. The summed E-state index contributed by atoms with van der Waals surface area (Å²) in [5.41, 5.74) is 2.46. The van der Waals surface area contributed by atoms with E-state index in [0.717, 1.165) is 32.7 Å². The smallest absolute Gasteiger partial charge is 0.335 e. The highest BCUT2D eigenvalue weighted by Gasteiger charge is 2.56. The zero-order chi connectivity index (χ0) is 15.1. The van der Waals surface area contributed by atoms with E-state index in [1.807, 2.05) is 0 Å². The molecule has 4 nitrogen and oxygen atoms in total. The first kappa shape index (κ1) is 15.6. The molecule has 0 bridgehead atoms. The molecule has 2 saturated heterocycles. The summed E-state index contributed by atoms with van der Waals surface area (Å²) in [6.45, 7) is 4.49. The molecule has 2 aliphatic heterocycles. The van der Waals surface area contributed by atoms with E-state index in [9.17, 15) is 18.0 Å². The Morgan fingerprint density at radius 2 is 1.90 bits per heavy atom. The number of nitrogens with two attached hydrogens (primary N) is 1. The minimum Gasteiger partial charge on any atom is -0.335 e. The van der Waals surface area contributed by atoms with E-state index in [0.29, 0.717) is 13.1 Å². The van der Waals surface area contributed by atoms with Crippen molar-refractivity contribution in [2.75, 3.05) is 19.6 Å². The van der Waals surface area contributed by atoms with Gasteiger partial charge in [-0.05, 0) is 33.2 Å². The van der Waals surface area contributed by atoms with Gasteiger partial charge in [-0.3, -0.25) is 9.69 Å². The normalized spacial score (nSPS) is 31.6. The van der Waals surface area contributed by atoms with Crippen molar-refractivity contribution in [2.45, 2.75) is 56.9 Å². The molecule has 2 aliphatic rings. The third-order valence-corrected chi connectivity index (χ3v) is 4.48. The summed E-state index contributed by atoms with van der Waals surface area (Å²) in [6, 6.07) is -0.0602. The molecule has 1 amide bonds. The van der Waals surface area contributed by atoms with Crippen molar-refractivity contribution in [1.29, 1.82) is 0 Å². The lowest BCUT2D eigenvalue weighted by atomic mass is 9.94. The summed E-state index contributed by atoms with van der Waals surface area (Å²) in [7, 11) is 0. The number of amides is 1. The largest absolute Gasteiger partial charge is 0.415 e. The Labute approximate surface area is 117 Å². The Morgan fingerprint density at radius 1 is 1.25 bits per heavy atom. The number of hydrogen-bond donors (Lipinski definition) is 1. The fraction of sp³-hybridized carbons (Fsp3) is 0.923. The molecule has 0 aliphatic carbocycles. The van der Waals surface area contributed by atoms with E-state index in [4.69, 9.17) is 5.73 Å². The van der Waals surface area contributed by atoms with Crippen LogP contribution in [0.25, 0.3) is 0 Å². The van der Waals surface area contributed by atoms with Crippen molar-refractivity contribution in [1.82, 2.24) is 9.80 Å². The molecule has 0 radical (unpaired) electrons. The van der Waals surface area contributed by atoms with Crippen LogP contribution in [0.2, 0.25) is 0 Å². The molecule has 7 heteroatoms. The molecule has 0 saturated carbocycles. The zero-order valence-corrected chi connectivity index (χ0v) is 11.9. The number of halogens is 3. The van der Waals surface area contributed by atoms with Gasteiger partial charge in [0.15, 0.2) is 5.54 Å². The summed E-state index contributed by atoms with van der Waals surface area (Å²) >= 11 is 0. The van der Waals surface area contributed by atoms with E-state index in [1.54, 1.807) is 6.92 Å². The number of carbonyl (C=O) groups is 1. The first-order valence-corrected chi connectivity index (χ1v) is 7.05. The van der Waals surface area contributed by atoms with Crippen LogP contribution in [0.1, 0.15) is 33.1 Å². The van der Waals surface area contributed by atoms with E-state index in [1.165, 1.54) is 4.90 Å². The standard InChI is InChI=1S/C13H22F3N3O/c1-9-7-18-6-4-3-5-10(18)8-19(9)11(20)12(2,17)13(14,15)16/h9-10H,3-8,17H2,1-2H3. The Balaban J connectivity index is 2.14. The molecule has 3 atom stereocenters. The second kappa shape index (κ2) is 5.18. The van der Waals surface area contributed by atoms with Crippen molar-refractivity contribution >= 4 is 5.91 Å². The lowest BCUT2D eigenvalue weighted by molar-refractivity contribution is -0.197. The third-order valence-electron chi connectivity index (χ3n) is 4.48. The van der Waals surface area contributed by atoms with Gasteiger partial charge in [0.2, 0.25) is 0 Å². The van der Waals surface area contributed by atoms with Crippen LogP contribution in [0.15, 0.2) is 0 Å². The number of fused-ring (bicyclic) bond motifs is 1. The molecule has 3 unspecified atom stereocenters. The number of carbonyl (C=O) groups excluding carboxylic acids is 1. The Bertz CT molecular complexity index is 384. The molecular formula is C13H22F3N3O. The van der Waals surface area contributed by atoms with Crippen LogP contribution in [-0.2, 0) is 4.79 Å². The lowest BCUT2D eigenvalue weighted by Gasteiger charge is -2.49. The van der Waals surface area contributed by atoms with Crippen LogP contribution < -0.4 is 5.73 Å². The quantitative estimate of drug-likeness (QED) is 0.794. The number of hydrogen-bond acceptors (Lipinski definition) is 3. The van der Waals surface area contributed by atoms with Crippen molar-refractivity contribution in [3.05, 3.63) is 0 Å². The fourth-order valence-electron chi connectivity index (χ4n) is 3.05. The Morgan fingerprint density at radius 3 is 2.50 bits per heavy atom. The minimum absolute atomic E-state index is 0.174. The van der Waals surface area contributed by atoms with Gasteiger partial charge in [-0.15, -0.1) is 0 Å². The summed E-state index contributed by atoms with van der Waals surface area (Å²) in [6.07, 6.45) is -1.61. The molecule has 0 aromatic rings. The Hall–Kier alpha value is -0.820. The Kier molecular flexibility index (Phi) is 4.03. The van der Waals surface area contributed by atoms with E-state index in [2.05, 4.69) is 4.90 Å². The molecule has 2 fully saturated rings. The number of piperidine rings is 1. The van der Waals surface area contributed by atoms with Gasteiger partial charge in [0, 0.05) is 25.2 Å². The molecule has 0 aromatic carbocycles. The SMILES string of the molecule is CC1CN2CCCCC2CN1C(=O)C(C)(N)C(F)(F)F. The molecule has 116 valence electrons. The van der Waals surface area contributed by atoms with Gasteiger partial charge in [-0.1, -0.05) is 6.42 Å². The van der Waals surface area contributed by atoms with Gasteiger partial charge < -0.3 is 10.6 Å². The van der Waals surface area contributed by atoms with Gasteiger partial charge in [0.25, 0.3) is 5.91 Å². The van der Waals surface area contributed by atoms with E-state index >= 15 is 0 Å². The van der Waals surface area contributed by atoms with E-state index < -0.39 is 17.6 Å². The molecule has 0 spiro atoms. The van der Waals surface area contributed by atoms with Crippen molar-refractivity contribution < 1.29 is 18.0 Å². The van der Waals surface area contributed by atoms with Crippen LogP contribution in [0, 0.1) is 0 Å². The van der Waals surface area contributed by atoms with Crippen LogP contribution in [0.4, 0.5) is 13.2 Å². The lowest BCUT2D eigenvalue weighted by Crippen LogP contribution is -2.68. The summed E-state index contributed by atoms with van der Waals surface area (Å²) in [5, 5.41) is 0. The molecule has 20 heavy (non-hydrogen) atoms. The van der Waals surface area contributed by atoms with Gasteiger partial charge in [0.05, 0.1) is 0 Å². The number of alkyl halides is 3. The first-order valence-electron chi connectivity index (χ1n) is 7.05. The van der Waals surface area contributed by atoms with Crippen LogP contribution in [0.3, 0.4) is 0 Å². The van der Waals surface area contributed by atoms with E-state index in [-0.39, 0.29) is 12.1 Å². The van der Waals surface area contributed by atoms with Gasteiger partial charge >= 0.3 is 6.18 Å². The maximum atomic E-state index is 12.9. The average Bonchev–Trinajstić information content (AvgIpc) is 2.35. The average molecular weight is 293 g/mol. The number of rotatable bonds is 1. The number of piperazine rings is 1. The molecule has 2 rings (SSSR count). The maximum Gasteiger partial charge on any atom is 0.415 e. The summed E-state index contributed by atoms with van der Waals surface area (Å²) in [5.74, 6) is -1.01. The maximum absolute atomic E-state index is 12.9. The second-order valence-electron chi connectivity index (χ2n) is 6.15.